The van der Waals surface area contributed by atoms with Gasteiger partial charge in [0.25, 0.3) is 5.91 Å². The van der Waals surface area contributed by atoms with Crippen molar-refractivity contribution in [1.82, 2.24) is 14.9 Å². The minimum atomic E-state index is -0.708. The zero-order chi connectivity index (χ0) is 13.0. The second kappa shape index (κ2) is 5.61. The lowest BCUT2D eigenvalue weighted by atomic mass is 10.2. The largest absolute Gasteiger partial charge is 0.389 e. The Labute approximate surface area is 104 Å². The number of fused-ring (bicyclic) bond motifs is 1. The van der Waals surface area contributed by atoms with Crippen LogP contribution >= 0.6 is 0 Å². The summed E-state index contributed by atoms with van der Waals surface area (Å²) in [6.45, 7) is 0.339. The van der Waals surface area contributed by atoms with Gasteiger partial charge in [0.15, 0.2) is 0 Å². The number of amides is 1. The molecule has 0 saturated carbocycles. The second-order valence-corrected chi connectivity index (χ2v) is 3.91. The average Bonchev–Trinajstić information content (AvgIpc) is 2.80. The second-order valence-electron chi connectivity index (χ2n) is 3.91. The van der Waals surface area contributed by atoms with Crippen molar-refractivity contribution >= 4 is 11.4 Å². The van der Waals surface area contributed by atoms with Gasteiger partial charge in [0.1, 0.15) is 0 Å². The molecule has 1 unspecified atom stereocenters. The maximum absolute atomic E-state index is 11.9. The van der Waals surface area contributed by atoms with Crippen molar-refractivity contribution in [2.45, 2.75) is 6.10 Å². The van der Waals surface area contributed by atoms with Gasteiger partial charge in [0, 0.05) is 19.9 Å². The number of carbonyl (C=O) groups is 1. The summed E-state index contributed by atoms with van der Waals surface area (Å²) >= 11 is 0. The van der Waals surface area contributed by atoms with Crippen molar-refractivity contribution in [3.63, 3.8) is 0 Å². The fourth-order valence-corrected chi connectivity index (χ4v) is 1.67. The van der Waals surface area contributed by atoms with Crippen molar-refractivity contribution < 1.29 is 14.6 Å². The van der Waals surface area contributed by atoms with E-state index in [0.29, 0.717) is 5.56 Å². The fourth-order valence-electron chi connectivity index (χ4n) is 1.67. The van der Waals surface area contributed by atoms with Crippen LogP contribution in [0.3, 0.4) is 0 Å². The Morgan fingerprint density at radius 2 is 2.44 bits per heavy atom. The molecule has 0 aromatic carbocycles. The molecule has 2 N–H and O–H groups in total. The van der Waals surface area contributed by atoms with Crippen molar-refractivity contribution in [2.24, 2.45) is 0 Å². The molecule has 0 aliphatic carbocycles. The van der Waals surface area contributed by atoms with Gasteiger partial charge in [-0.2, -0.15) is 5.10 Å². The summed E-state index contributed by atoms with van der Waals surface area (Å²) in [4.78, 5) is 11.9. The van der Waals surface area contributed by atoms with Crippen LogP contribution in [0, 0.1) is 0 Å². The maximum atomic E-state index is 11.9. The van der Waals surface area contributed by atoms with Gasteiger partial charge in [0.05, 0.1) is 30.0 Å². The van der Waals surface area contributed by atoms with E-state index < -0.39 is 6.10 Å². The van der Waals surface area contributed by atoms with E-state index in [0.717, 1.165) is 5.52 Å². The van der Waals surface area contributed by atoms with Crippen LogP contribution in [0.5, 0.6) is 0 Å². The molecule has 1 atom stereocenters. The van der Waals surface area contributed by atoms with Crippen molar-refractivity contribution in [2.75, 3.05) is 20.3 Å². The molecule has 0 bridgehead atoms. The van der Waals surface area contributed by atoms with Gasteiger partial charge in [-0.1, -0.05) is 6.07 Å². The molecular formula is C12H15N3O3. The van der Waals surface area contributed by atoms with Gasteiger partial charge in [0.2, 0.25) is 0 Å². The number of nitrogens with one attached hydrogen (secondary N) is 1. The summed E-state index contributed by atoms with van der Waals surface area (Å²) in [7, 11) is 1.50. The number of methoxy groups -OCH3 is 1. The normalized spacial score (nSPS) is 12.6. The first kappa shape index (κ1) is 12.5. The van der Waals surface area contributed by atoms with Gasteiger partial charge >= 0.3 is 0 Å². The molecule has 0 radical (unpaired) electrons. The van der Waals surface area contributed by atoms with Crippen LogP contribution in [0.25, 0.3) is 5.52 Å². The number of carbonyl (C=O) groups excluding carboxylic acids is 1. The first-order chi connectivity index (χ1) is 8.72. The van der Waals surface area contributed by atoms with Crippen LogP contribution in [0.4, 0.5) is 0 Å². The van der Waals surface area contributed by atoms with Gasteiger partial charge in [-0.25, -0.2) is 4.52 Å². The molecule has 2 heterocycles. The van der Waals surface area contributed by atoms with Crippen LogP contribution in [0.15, 0.2) is 30.6 Å². The van der Waals surface area contributed by atoms with Gasteiger partial charge < -0.3 is 15.2 Å². The highest BCUT2D eigenvalue weighted by atomic mass is 16.5. The molecule has 96 valence electrons. The molecule has 2 aromatic heterocycles. The Morgan fingerprint density at radius 1 is 1.61 bits per heavy atom. The van der Waals surface area contributed by atoms with Gasteiger partial charge in [-0.3, -0.25) is 4.79 Å². The topological polar surface area (TPSA) is 75.9 Å². The van der Waals surface area contributed by atoms with E-state index in [1.165, 1.54) is 13.3 Å². The third-order valence-electron chi connectivity index (χ3n) is 2.53. The summed E-state index contributed by atoms with van der Waals surface area (Å²) in [5.41, 5.74) is 1.22. The Morgan fingerprint density at radius 3 is 3.22 bits per heavy atom. The van der Waals surface area contributed by atoms with Gasteiger partial charge in [-0.05, 0) is 12.1 Å². The number of rotatable bonds is 5. The molecule has 0 saturated heterocycles. The smallest absolute Gasteiger partial charge is 0.255 e. The summed E-state index contributed by atoms with van der Waals surface area (Å²) in [6.07, 6.45) is 2.57. The predicted octanol–water partition coefficient (Wildman–Crippen LogP) is 0.0714. The van der Waals surface area contributed by atoms with Crippen molar-refractivity contribution in [3.05, 3.63) is 36.2 Å². The Bertz CT molecular complexity index is 538. The Kier molecular flexibility index (Phi) is 3.91. The number of aromatic nitrogens is 2. The molecule has 1 amide bonds. The SMILES string of the molecule is COCC(O)CNC(=O)c1cnn2ccccc12. The molecule has 0 spiro atoms. The van der Waals surface area contributed by atoms with Crippen LogP contribution in [0.1, 0.15) is 10.4 Å². The third kappa shape index (κ3) is 2.66. The van der Waals surface area contributed by atoms with Crippen LogP contribution in [-0.4, -0.2) is 47.0 Å². The van der Waals surface area contributed by atoms with Crippen LogP contribution < -0.4 is 5.32 Å². The fraction of sp³-hybridized carbons (Fsp3) is 0.333. The lowest BCUT2D eigenvalue weighted by Gasteiger charge is -2.10. The number of aliphatic hydroxyl groups is 1. The molecule has 0 fully saturated rings. The lowest BCUT2D eigenvalue weighted by molar-refractivity contribution is 0.0610. The molecule has 2 rings (SSSR count). The van der Waals surface area contributed by atoms with Crippen molar-refractivity contribution in [3.8, 4) is 0 Å². The molecule has 0 aliphatic rings. The zero-order valence-electron chi connectivity index (χ0n) is 10.0. The predicted molar refractivity (Wildman–Crippen MR) is 65.4 cm³/mol. The summed E-state index contributed by atoms with van der Waals surface area (Å²) in [6, 6.07) is 5.49. The highest BCUT2D eigenvalue weighted by Gasteiger charge is 2.13. The van der Waals surface area contributed by atoms with E-state index in [1.54, 1.807) is 10.7 Å². The number of pyridine rings is 1. The molecule has 0 aliphatic heterocycles. The minimum Gasteiger partial charge on any atom is -0.389 e. The summed E-state index contributed by atoms with van der Waals surface area (Å²) in [5.74, 6) is -0.258. The number of ether oxygens (including phenoxy) is 1. The molecule has 18 heavy (non-hydrogen) atoms. The Balaban J connectivity index is 2.05. The van der Waals surface area contributed by atoms with E-state index in [2.05, 4.69) is 10.4 Å². The maximum Gasteiger partial charge on any atom is 0.255 e. The highest BCUT2D eigenvalue weighted by molar-refractivity contribution is 6.00. The Hall–Kier alpha value is -1.92. The first-order valence-corrected chi connectivity index (χ1v) is 5.60. The highest BCUT2D eigenvalue weighted by Crippen LogP contribution is 2.09. The number of hydrogen-bond acceptors (Lipinski definition) is 4. The zero-order valence-corrected chi connectivity index (χ0v) is 10.0. The van der Waals surface area contributed by atoms with Gasteiger partial charge in [-0.15, -0.1) is 0 Å². The summed E-state index contributed by atoms with van der Waals surface area (Å²) in [5, 5.41) is 16.2. The van der Waals surface area contributed by atoms with E-state index >= 15 is 0 Å². The monoisotopic (exact) mass is 249 g/mol. The molecule has 6 nitrogen and oxygen atoms in total. The minimum absolute atomic E-state index is 0.150. The van der Waals surface area contributed by atoms with E-state index in [4.69, 9.17) is 4.74 Å². The lowest BCUT2D eigenvalue weighted by Crippen LogP contribution is -2.34. The number of nitrogens with zero attached hydrogens (tertiary/aromatic N) is 2. The van der Waals surface area contributed by atoms with Crippen LogP contribution in [-0.2, 0) is 4.74 Å². The number of hydrogen-bond donors (Lipinski definition) is 2. The molecule has 2 aromatic rings. The van der Waals surface area contributed by atoms with Crippen molar-refractivity contribution in [1.29, 1.82) is 0 Å². The van der Waals surface area contributed by atoms with E-state index in [-0.39, 0.29) is 19.1 Å². The number of aliphatic hydroxyl groups excluding tert-OH is 1. The van der Waals surface area contributed by atoms with E-state index in [9.17, 15) is 9.90 Å². The van der Waals surface area contributed by atoms with E-state index in [1.807, 2.05) is 18.2 Å². The first-order valence-electron chi connectivity index (χ1n) is 5.60. The van der Waals surface area contributed by atoms with Crippen LogP contribution in [0.2, 0.25) is 0 Å². The average molecular weight is 249 g/mol. The summed E-state index contributed by atoms with van der Waals surface area (Å²) < 4.78 is 6.40. The molecular weight excluding hydrogens is 234 g/mol. The molecule has 6 heteroatoms. The third-order valence-corrected chi connectivity index (χ3v) is 2.53. The quantitative estimate of drug-likeness (QED) is 0.786. The standard InChI is InChI=1S/C12H15N3O3/c1-18-8-9(16)6-13-12(17)10-7-14-15-5-3-2-4-11(10)15/h2-5,7,9,16H,6,8H2,1H3,(H,13,17).